The minimum absolute atomic E-state index is 0.0172. The van der Waals surface area contributed by atoms with E-state index >= 15 is 0 Å². The maximum atomic E-state index is 11.8. The first kappa shape index (κ1) is 22.6. The number of benzene rings is 1. The van der Waals surface area contributed by atoms with E-state index in [-0.39, 0.29) is 11.9 Å². The van der Waals surface area contributed by atoms with Crippen molar-refractivity contribution in [2.24, 2.45) is 16.8 Å². The fourth-order valence-electron chi connectivity index (χ4n) is 4.39. The van der Waals surface area contributed by atoms with Gasteiger partial charge in [0.25, 0.3) is 0 Å². The topological polar surface area (TPSA) is 57.2 Å². The minimum Gasteiger partial charge on any atom is -0.469 e. The average Bonchev–Trinajstić information content (AvgIpc) is 2.78. The molecule has 2 aliphatic heterocycles. The van der Waals surface area contributed by atoms with Crippen molar-refractivity contribution in [1.82, 2.24) is 15.1 Å². The number of guanidine groups is 1. The van der Waals surface area contributed by atoms with Gasteiger partial charge in [0.1, 0.15) is 0 Å². The van der Waals surface area contributed by atoms with Crippen LogP contribution in [0.25, 0.3) is 0 Å². The summed E-state index contributed by atoms with van der Waals surface area (Å²) in [6.45, 7) is 11.1. The van der Waals surface area contributed by atoms with Gasteiger partial charge >= 0.3 is 5.97 Å². The Labute approximate surface area is 181 Å². The zero-order chi connectivity index (χ0) is 21.3. The first-order valence-electron chi connectivity index (χ1n) is 11.5. The van der Waals surface area contributed by atoms with Gasteiger partial charge in [-0.2, -0.15) is 0 Å². The molecule has 1 aromatic rings. The average molecular weight is 415 g/mol. The first-order chi connectivity index (χ1) is 14.6. The lowest BCUT2D eigenvalue weighted by molar-refractivity contribution is -0.146. The smallest absolute Gasteiger partial charge is 0.308 e. The van der Waals surface area contributed by atoms with Crippen LogP contribution >= 0.6 is 0 Å². The van der Waals surface area contributed by atoms with E-state index in [9.17, 15) is 4.79 Å². The molecule has 3 rings (SSSR count). The Morgan fingerprint density at radius 1 is 1.13 bits per heavy atom. The molecule has 0 spiro atoms. The second-order valence-corrected chi connectivity index (χ2v) is 8.73. The number of methoxy groups -OCH3 is 1. The third kappa shape index (κ3) is 6.46. The summed E-state index contributed by atoms with van der Waals surface area (Å²) in [6, 6.07) is 8.85. The molecule has 30 heavy (non-hydrogen) atoms. The Bertz CT molecular complexity index is 705. The Hall–Kier alpha value is -2.08. The predicted molar refractivity (Wildman–Crippen MR) is 121 cm³/mol. The molecule has 0 aliphatic carbocycles. The van der Waals surface area contributed by atoms with Crippen LogP contribution in [0.3, 0.4) is 0 Å². The van der Waals surface area contributed by atoms with Gasteiger partial charge in [-0.25, -0.2) is 4.99 Å². The third-order valence-electron chi connectivity index (χ3n) is 6.35. The van der Waals surface area contributed by atoms with Crippen LogP contribution in [0.2, 0.25) is 0 Å². The Morgan fingerprint density at radius 3 is 2.50 bits per heavy atom. The van der Waals surface area contributed by atoms with E-state index in [1.807, 2.05) is 0 Å². The number of rotatable bonds is 6. The largest absolute Gasteiger partial charge is 0.469 e. The molecule has 0 unspecified atom stereocenters. The van der Waals surface area contributed by atoms with Crippen LogP contribution in [0.1, 0.15) is 50.7 Å². The highest BCUT2D eigenvalue weighted by Crippen LogP contribution is 2.20. The third-order valence-corrected chi connectivity index (χ3v) is 6.35. The molecule has 0 amide bonds. The summed E-state index contributed by atoms with van der Waals surface area (Å²) in [5.74, 6) is 1.74. The van der Waals surface area contributed by atoms with Crippen molar-refractivity contribution in [3.63, 3.8) is 0 Å². The van der Waals surface area contributed by atoms with Crippen molar-refractivity contribution >= 4 is 11.9 Å². The number of ether oxygens (including phenoxy) is 1. The normalized spacial score (nSPS) is 19.7. The second-order valence-electron chi connectivity index (χ2n) is 8.73. The van der Waals surface area contributed by atoms with Crippen LogP contribution < -0.4 is 5.32 Å². The van der Waals surface area contributed by atoms with E-state index in [0.717, 1.165) is 50.9 Å². The van der Waals surface area contributed by atoms with Gasteiger partial charge < -0.3 is 15.0 Å². The highest BCUT2D eigenvalue weighted by Gasteiger charge is 2.27. The lowest BCUT2D eigenvalue weighted by Crippen LogP contribution is -2.46. The molecule has 2 fully saturated rings. The fraction of sp³-hybridized carbons (Fsp3) is 0.667. The molecule has 166 valence electrons. The zero-order valence-electron chi connectivity index (χ0n) is 18.9. The summed E-state index contributed by atoms with van der Waals surface area (Å²) in [4.78, 5) is 21.5. The number of esters is 1. The number of hydrogen-bond donors (Lipinski definition) is 1. The van der Waals surface area contributed by atoms with E-state index in [1.165, 1.54) is 44.2 Å². The molecule has 0 bridgehead atoms. The fourth-order valence-corrected chi connectivity index (χ4v) is 4.39. The van der Waals surface area contributed by atoms with Crippen molar-refractivity contribution in [3.8, 4) is 0 Å². The van der Waals surface area contributed by atoms with Crippen molar-refractivity contribution < 1.29 is 9.53 Å². The summed E-state index contributed by atoms with van der Waals surface area (Å²) in [5, 5.41) is 3.42. The van der Waals surface area contributed by atoms with E-state index < -0.39 is 0 Å². The quantitative estimate of drug-likeness (QED) is 0.440. The molecule has 1 N–H and O–H groups in total. The standard InChI is InChI=1S/C24H38N4O2/c1-4-25-24(28-14-10-22(11-15-28)23(29)30-3)26-17-20-6-5-7-21(16-20)18-27-12-8-19(2)9-13-27/h5-7,16,19,22H,4,8-15,17-18H2,1-3H3,(H,25,26). The summed E-state index contributed by atoms with van der Waals surface area (Å²) in [7, 11) is 1.47. The van der Waals surface area contributed by atoms with E-state index in [2.05, 4.69) is 53.2 Å². The highest BCUT2D eigenvalue weighted by atomic mass is 16.5. The van der Waals surface area contributed by atoms with Gasteiger partial charge in [0.05, 0.1) is 19.6 Å². The van der Waals surface area contributed by atoms with Crippen molar-refractivity contribution in [2.75, 3.05) is 39.8 Å². The van der Waals surface area contributed by atoms with Gasteiger partial charge in [0.15, 0.2) is 5.96 Å². The lowest BCUT2D eigenvalue weighted by atomic mass is 9.97. The number of nitrogens with one attached hydrogen (secondary N) is 1. The lowest BCUT2D eigenvalue weighted by Gasteiger charge is -2.33. The summed E-state index contributed by atoms with van der Waals surface area (Å²) < 4.78 is 4.90. The molecule has 0 aromatic heterocycles. The zero-order valence-corrected chi connectivity index (χ0v) is 18.9. The Balaban J connectivity index is 1.57. The van der Waals surface area contributed by atoms with Crippen molar-refractivity contribution in [2.45, 2.75) is 52.6 Å². The molecule has 0 radical (unpaired) electrons. The molecule has 2 saturated heterocycles. The van der Waals surface area contributed by atoms with Gasteiger partial charge in [-0.1, -0.05) is 31.2 Å². The number of hydrogen-bond acceptors (Lipinski definition) is 4. The van der Waals surface area contributed by atoms with Gasteiger partial charge in [0.2, 0.25) is 0 Å². The predicted octanol–water partition coefficient (Wildman–Crippen LogP) is 3.27. The monoisotopic (exact) mass is 414 g/mol. The molecule has 0 atom stereocenters. The van der Waals surface area contributed by atoms with Crippen molar-refractivity contribution in [3.05, 3.63) is 35.4 Å². The molecular formula is C24H38N4O2. The Kier molecular flexibility index (Phi) is 8.55. The SMILES string of the molecule is CCNC(=NCc1cccc(CN2CCC(C)CC2)c1)N1CCC(C(=O)OC)CC1. The molecule has 6 nitrogen and oxygen atoms in total. The van der Waals surface area contributed by atoms with Gasteiger partial charge in [0, 0.05) is 26.2 Å². The molecule has 6 heteroatoms. The van der Waals surface area contributed by atoms with E-state index in [4.69, 9.17) is 9.73 Å². The summed E-state index contributed by atoms with van der Waals surface area (Å²) in [6.07, 6.45) is 4.26. The van der Waals surface area contributed by atoms with E-state index in [1.54, 1.807) is 0 Å². The summed E-state index contributed by atoms with van der Waals surface area (Å²) >= 11 is 0. The van der Waals surface area contributed by atoms with Crippen LogP contribution in [0.15, 0.2) is 29.3 Å². The number of carbonyl (C=O) groups is 1. The van der Waals surface area contributed by atoms with Crippen LogP contribution in [0.4, 0.5) is 0 Å². The van der Waals surface area contributed by atoms with Crippen molar-refractivity contribution in [1.29, 1.82) is 0 Å². The van der Waals surface area contributed by atoms with Crippen LogP contribution in [0, 0.1) is 11.8 Å². The number of likely N-dealkylation sites (tertiary alicyclic amines) is 2. The second kappa shape index (κ2) is 11.3. The van der Waals surface area contributed by atoms with Crippen LogP contribution in [0.5, 0.6) is 0 Å². The number of aliphatic imine (C=N–C) groups is 1. The molecule has 1 aromatic carbocycles. The molecule has 2 heterocycles. The van der Waals surface area contributed by atoms with E-state index in [0.29, 0.717) is 6.54 Å². The number of nitrogens with zero attached hydrogens (tertiary/aromatic N) is 3. The van der Waals surface area contributed by atoms with Crippen LogP contribution in [-0.2, 0) is 22.6 Å². The number of piperidine rings is 2. The first-order valence-corrected chi connectivity index (χ1v) is 11.5. The van der Waals surface area contributed by atoms with Gasteiger partial charge in [-0.3, -0.25) is 9.69 Å². The Morgan fingerprint density at radius 2 is 1.83 bits per heavy atom. The van der Waals surface area contributed by atoms with Crippen LogP contribution in [-0.4, -0.2) is 61.6 Å². The maximum absolute atomic E-state index is 11.8. The molecule has 2 aliphatic rings. The molecule has 0 saturated carbocycles. The molecular weight excluding hydrogens is 376 g/mol. The maximum Gasteiger partial charge on any atom is 0.308 e. The summed E-state index contributed by atoms with van der Waals surface area (Å²) in [5.41, 5.74) is 2.62. The minimum atomic E-state index is -0.0865. The van der Waals surface area contributed by atoms with Gasteiger partial charge in [-0.05, 0) is 62.7 Å². The number of carbonyl (C=O) groups excluding carboxylic acids is 1. The highest BCUT2D eigenvalue weighted by molar-refractivity contribution is 5.80. The van der Waals surface area contributed by atoms with Gasteiger partial charge in [-0.15, -0.1) is 0 Å².